The predicted octanol–water partition coefficient (Wildman–Crippen LogP) is 0.630. The van der Waals surface area contributed by atoms with E-state index in [1.165, 1.54) is 13.1 Å². The summed E-state index contributed by atoms with van der Waals surface area (Å²) in [4.78, 5) is 18.1. The lowest BCUT2D eigenvalue weighted by Crippen LogP contribution is -3.11. The molecule has 0 aliphatic carbocycles. The Kier molecular flexibility index (Phi) is 8.47. The third-order valence-corrected chi connectivity index (χ3v) is 4.85. The van der Waals surface area contributed by atoms with Gasteiger partial charge in [0.1, 0.15) is 18.1 Å². The highest BCUT2D eigenvalue weighted by molar-refractivity contribution is 7.80. The van der Waals surface area contributed by atoms with Gasteiger partial charge in [0.05, 0.1) is 38.4 Å². The number of rotatable bonds is 3. The van der Waals surface area contributed by atoms with E-state index in [9.17, 15) is 10.2 Å². The zero-order valence-electron chi connectivity index (χ0n) is 16.4. The predicted molar refractivity (Wildman–Crippen MR) is 111 cm³/mol. The van der Waals surface area contributed by atoms with Crippen LogP contribution in [0, 0.1) is 0 Å². The van der Waals surface area contributed by atoms with Gasteiger partial charge in [-0.2, -0.15) is 0 Å². The molecular formula is C20H26N4O3S. The monoisotopic (exact) mass is 402 g/mol. The van der Waals surface area contributed by atoms with E-state index in [4.69, 9.17) is 21.7 Å². The van der Waals surface area contributed by atoms with E-state index in [2.05, 4.69) is 23.2 Å². The van der Waals surface area contributed by atoms with Crippen molar-refractivity contribution < 1.29 is 19.2 Å². The normalized spacial score (nSPS) is 19.9. The molecule has 0 saturated carbocycles. The van der Waals surface area contributed by atoms with Crippen molar-refractivity contribution in [3.63, 3.8) is 0 Å². The molecule has 1 aromatic rings. The van der Waals surface area contributed by atoms with E-state index in [0.29, 0.717) is 21.8 Å². The standard InChI is InChI=1S/C15H14N3O2S.C5H11NO/c1-3-20-15(19)12-9(2)18-14(21)11(8-16)13(12)10-4-6-17-7-5-10;1-6-2-4-7-5-3-6/h4-7,13H,3H2,1-2H3,(H,18,21);2-5H2,1H3/q-1;/p+1. The summed E-state index contributed by atoms with van der Waals surface area (Å²) >= 11 is 5.21. The molecule has 150 valence electrons. The highest BCUT2D eigenvalue weighted by atomic mass is 32.1. The second-order valence-corrected chi connectivity index (χ2v) is 6.93. The summed E-state index contributed by atoms with van der Waals surface area (Å²) in [6.45, 7) is 8.02. The van der Waals surface area contributed by atoms with E-state index in [1.807, 2.05) is 0 Å². The summed E-state index contributed by atoms with van der Waals surface area (Å²) in [5.41, 5.74) is 2.14. The van der Waals surface area contributed by atoms with Gasteiger partial charge in [-0.3, -0.25) is 10.9 Å². The summed E-state index contributed by atoms with van der Waals surface area (Å²) in [6, 6.07) is 3.53. The minimum Gasteiger partial charge on any atom is -0.763 e. The van der Waals surface area contributed by atoms with Crippen molar-refractivity contribution in [3.8, 4) is 0 Å². The molecule has 1 unspecified atom stereocenters. The topological polar surface area (TPSA) is 87.2 Å². The highest BCUT2D eigenvalue weighted by Crippen LogP contribution is 2.36. The first-order chi connectivity index (χ1) is 13.5. The lowest BCUT2D eigenvalue weighted by Gasteiger charge is -2.30. The average molecular weight is 403 g/mol. The Bertz CT molecular complexity index is 782. The Balaban J connectivity index is 0.000000336. The Morgan fingerprint density at radius 3 is 2.57 bits per heavy atom. The first-order valence-electron chi connectivity index (χ1n) is 9.24. The number of ether oxygens (including phenoxy) is 2. The van der Waals surface area contributed by atoms with E-state index >= 15 is 0 Å². The number of carbonyl (C=O) groups is 1. The van der Waals surface area contributed by atoms with Gasteiger partial charge < -0.3 is 25.1 Å². The number of aromatic nitrogens is 1. The number of pyridine rings is 1. The molecule has 28 heavy (non-hydrogen) atoms. The van der Waals surface area contributed by atoms with Crippen LogP contribution in [0.4, 0.5) is 0 Å². The number of hydrogen-bond acceptors (Lipinski definition) is 5. The molecule has 7 nitrogen and oxygen atoms in total. The number of allylic oxidation sites excluding steroid dienone is 1. The van der Waals surface area contributed by atoms with Crippen molar-refractivity contribution in [1.29, 1.82) is 0 Å². The van der Waals surface area contributed by atoms with Crippen LogP contribution in [0.15, 0.2) is 41.4 Å². The number of nitrogens with one attached hydrogen (secondary N) is 2. The van der Waals surface area contributed by atoms with Gasteiger partial charge in [0.15, 0.2) is 0 Å². The maximum atomic E-state index is 12.3. The number of morpholine rings is 1. The summed E-state index contributed by atoms with van der Waals surface area (Å²) in [7, 11) is 2.20. The Hall–Kier alpha value is -2.38. The van der Waals surface area contributed by atoms with Crippen LogP contribution in [0.25, 0.3) is 5.41 Å². The van der Waals surface area contributed by atoms with Crippen LogP contribution in [0.3, 0.4) is 0 Å². The van der Waals surface area contributed by atoms with Gasteiger partial charge in [0.25, 0.3) is 0 Å². The summed E-state index contributed by atoms with van der Waals surface area (Å²) in [5.74, 6) is 1.13. The molecule has 0 spiro atoms. The van der Waals surface area contributed by atoms with Gasteiger partial charge >= 0.3 is 5.97 Å². The van der Waals surface area contributed by atoms with Gasteiger partial charge in [0.2, 0.25) is 0 Å². The van der Waals surface area contributed by atoms with Crippen molar-refractivity contribution in [2.24, 2.45) is 0 Å². The molecule has 3 heterocycles. The third-order valence-electron chi connectivity index (χ3n) is 4.53. The zero-order chi connectivity index (χ0) is 20.5. The van der Waals surface area contributed by atoms with Crippen molar-refractivity contribution in [2.75, 3.05) is 40.0 Å². The van der Waals surface area contributed by atoms with Crippen LogP contribution in [-0.4, -0.2) is 61.8 Å². The van der Waals surface area contributed by atoms with E-state index in [1.54, 1.807) is 43.3 Å². The number of esters is 1. The van der Waals surface area contributed by atoms with Gasteiger partial charge in [-0.25, -0.2) is 4.79 Å². The second kappa shape index (κ2) is 10.8. The summed E-state index contributed by atoms with van der Waals surface area (Å²) in [5, 5.41) is 12.3. The number of quaternary nitrogens is 1. The van der Waals surface area contributed by atoms with Crippen molar-refractivity contribution in [3.05, 3.63) is 52.3 Å². The smallest absolute Gasteiger partial charge is 0.336 e. The fourth-order valence-electron chi connectivity index (χ4n) is 3.00. The van der Waals surface area contributed by atoms with Gasteiger partial charge in [-0.15, -0.1) is 0 Å². The van der Waals surface area contributed by atoms with Crippen molar-refractivity contribution in [1.82, 2.24) is 10.3 Å². The van der Waals surface area contributed by atoms with Gasteiger partial charge in [-0.05, 0) is 31.5 Å². The molecule has 8 heteroatoms. The summed E-state index contributed by atoms with van der Waals surface area (Å²) < 4.78 is 10.2. The molecule has 0 aromatic carbocycles. The fourth-order valence-corrected chi connectivity index (χ4v) is 3.32. The number of thiocarbonyl (C=S) groups is 1. The van der Waals surface area contributed by atoms with E-state index in [-0.39, 0.29) is 6.61 Å². The Labute approximate surface area is 170 Å². The molecule has 0 amide bonds. The van der Waals surface area contributed by atoms with Crippen molar-refractivity contribution >= 4 is 29.0 Å². The molecule has 2 aliphatic rings. The molecule has 1 saturated heterocycles. The minimum absolute atomic E-state index is 0.269. The molecule has 0 radical (unpaired) electrons. The molecule has 1 atom stereocenters. The zero-order valence-corrected chi connectivity index (χ0v) is 17.3. The van der Waals surface area contributed by atoms with Crippen LogP contribution < -0.4 is 10.2 Å². The average Bonchev–Trinajstić information content (AvgIpc) is 2.69. The van der Waals surface area contributed by atoms with Crippen LogP contribution in [0.1, 0.15) is 25.3 Å². The Morgan fingerprint density at radius 2 is 2.07 bits per heavy atom. The summed E-state index contributed by atoms with van der Waals surface area (Å²) in [6.07, 6.45) is 3.24. The lowest BCUT2D eigenvalue weighted by molar-refractivity contribution is -0.888. The first kappa shape index (κ1) is 21.9. The van der Waals surface area contributed by atoms with Gasteiger partial charge in [0, 0.05) is 23.7 Å². The van der Waals surface area contributed by atoms with Gasteiger partial charge in [-0.1, -0.05) is 12.2 Å². The molecular weight excluding hydrogens is 376 g/mol. The molecule has 3 rings (SSSR count). The maximum Gasteiger partial charge on any atom is 0.336 e. The maximum absolute atomic E-state index is 12.3. The van der Waals surface area contributed by atoms with Crippen LogP contribution in [0.5, 0.6) is 0 Å². The third kappa shape index (κ3) is 5.56. The number of nitrogens with zero attached hydrogens (tertiary/aromatic N) is 2. The molecule has 2 N–H and O–H groups in total. The van der Waals surface area contributed by atoms with Crippen LogP contribution in [-0.2, 0) is 14.3 Å². The number of carbonyl (C=O) groups excluding carboxylic acids is 1. The van der Waals surface area contributed by atoms with E-state index in [0.717, 1.165) is 18.8 Å². The second-order valence-electron chi connectivity index (χ2n) is 6.52. The largest absolute Gasteiger partial charge is 0.763 e. The number of hydrogen-bond donors (Lipinski definition) is 2. The SMILES string of the molecule is CCOC(=O)C1=C(C)NC(=S)C(=C=[N-])C1c1ccncc1.C[NH+]1CCOCC1. The highest BCUT2D eigenvalue weighted by Gasteiger charge is 2.34. The molecule has 0 bridgehead atoms. The molecule has 2 aliphatic heterocycles. The van der Waals surface area contributed by atoms with Crippen LogP contribution >= 0.6 is 12.2 Å². The first-order valence-corrected chi connectivity index (χ1v) is 9.65. The van der Waals surface area contributed by atoms with Crippen molar-refractivity contribution in [2.45, 2.75) is 19.8 Å². The fraction of sp³-hybridized carbons (Fsp3) is 0.450. The lowest BCUT2D eigenvalue weighted by atomic mass is 9.82. The molecule has 1 fully saturated rings. The Morgan fingerprint density at radius 1 is 1.43 bits per heavy atom. The minimum atomic E-state index is -0.522. The quantitative estimate of drug-likeness (QED) is 0.334. The van der Waals surface area contributed by atoms with Crippen LogP contribution in [0.2, 0.25) is 0 Å². The number of likely N-dealkylation sites (N-methyl/N-ethyl adjacent to an activating group) is 1. The van der Waals surface area contributed by atoms with E-state index < -0.39 is 11.9 Å². The molecule has 1 aromatic heterocycles.